The van der Waals surface area contributed by atoms with Crippen LogP contribution in [0.2, 0.25) is 0 Å². The molecule has 19 heavy (non-hydrogen) atoms. The Hall–Kier alpha value is -1.43. The smallest absolute Gasteiger partial charge is 0.322 e. The second kappa shape index (κ2) is 5.69. The Bertz CT molecular complexity index is 363. The van der Waals surface area contributed by atoms with Crippen molar-refractivity contribution < 1.29 is 4.79 Å². The number of carbonyl (C=O) groups excluding carboxylic acids is 1. The lowest BCUT2D eigenvalue weighted by molar-refractivity contribution is -0.0558. The van der Waals surface area contributed by atoms with Crippen molar-refractivity contribution in [1.82, 2.24) is 15.1 Å². The number of rotatable bonds is 3. The van der Waals surface area contributed by atoms with Crippen LogP contribution < -0.4 is 5.32 Å². The van der Waals surface area contributed by atoms with E-state index >= 15 is 0 Å². The summed E-state index contributed by atoms with van der Waals surface area (Å²) in [5.41, 5.74) is 0.449. The standard InChI is InChI=1S/C13H23N5O/c1-11(2)18-7-13(8-18)3-5-17(6-4-13)12(19)16-10-15-9-14/h9-11H,3-8H2,1-2H3,(H2,14,15,16,19). The molecule has 2 heterocycles. The number of hydrogen-bond donors (Lipinski definition) is 2. The number of hydrogen-bond acceptors (Lipinski definition) is 3. The number of urea groups is 1. The molecule has 6 nitrogen and oxygen atoms in total. The molecule has 0 unspecified atom stereocenters. The molecule has 106 valence electrons. The third-order valence-electron chi connectivity index (χ3n) is 4.26. The molecule has 0 radical (unpaired) electrons. The van der Waals surface area contributed by atoms with Crippen molar-refractivity contribution in [1.29, 1.82) is 5.41 Å². The first-order valence-corrected chi connectivity index (χ1v) is 6.86. The van der Waals surface area contributed by atoms with E-state index in [-0.39, 0.29) is 6.03 Å². The fraction of sp³-hybridized carbons (Fsp3) is 0.769. The van der Waals surface area contributed by atoms with E-state index in [1.54, 1.807) is 0 Å². The number of nitrogens with one attached hydrogen (secondary N) is 2. The molecule has 2 aliphatic heterocycles. The SMILES string of the molecule is CC(C)N1CC2(CCN(C(=O)NC=NC=N)CC2)C1. The Morgan fingerprint density at radius 1 is 1.37 bits per heavy atom. The summed E-state index contributed by atoms with van der Waals surface area (Å²) < 4.78 is 0. The van der Waals surface area contributed by atoms with Gasteiger partial charge >= 0.3 is 6.03 Å². The predicted octanol–water partition coefficient (Wildman–Crippen LogP) is 1.14. The lowest BCUT2D eigenvalue weighted by Gasteiger charge is -2.55. The predicted molar refractivity (Wildman–Crippen MR) is 75.8 cm³/mol. The molecule has 6 heteroatoms. The second-order valence-electron chi connectivity index (χ2n) is 5.84. The van der Waals surface area contributed by atoms with Crippen molar-refractivity contribution in [3.05, 3.63) is 0 Å². The van der Waals surface area contributed by atoms with Gasteiger partial charge in [-0.2, -0.15) is 0 Å². The number of aliphatic imine (C=N–C) groups is 1. The number of carbonyl (C=O) groups is 1. The summed E-state index contributed by atoms with van der Waals surface area (Å²) >= 11 is 0. The van der Waals surface area contributed by atoms with Gasteiger partial charge in [-0.15, -0.1) is 0 Å². The topological polar surface area (TPSA) is 71.8 Å². The summed E-state index contributed by atoms with van der Waals surface area (Å²) in [7, 11) is 0. The molecule has 0 aromatic rings. The van der Waals surface area contributed by atoms with Crippen LogP contribution in [-0.4, -0.2) is 60.7 Å². The fourth-order valence-corrected chi connectivity index (χ4v) is 2.90. The maximum atomic E-state index is 11.8. The average Bonchev–Trinajstić information content (AvgIpc) is 2.36. The van der Waals surface area contributed by atoms with Crippen molar-refractivity contribution in [3.8, 4) is 0 Å². The Kier molecular flexibility index (Phi) is 4.19. The van der Waals surface area contributed by atoms with Gasteiger partial charge in [-0.25, -0.2) is 9.79 Å². The molecular formula is C13H23N5O. The highest BCUT2D eigenvalue weighted by atomic mass is 16.2. The zero-order valence-corrected chi connectivity index (χ0v) is 11.7. The van der Waals surface area contributed by atoms with Crippen molar-refractivity contribution in [2.75, 3.05) is 26.2 Å². The first-order chi connectivity index (χ1) is 9.06. The van der Waals surface area contributed by atoms with Crippen molar-refractivity contribution in [2.45, 2.75) is 32.7 Å². The van der Waals surface area contributed by atoms with E-state index in [1.165, 1.54) is 19.4 Å². The zero-order chi connectivity index (χ0) is 13.9. The molecule has 1 spiro atoms. The fourth-order valence-electron chi connectivity index (χ4n) is 2.90. The molecule has 0 aliphatic carbocycles. The van der Waals surface area contributed by atoms with Gasteiger partial charge in [-0.1, -0.05) is 0 Å². The highest BCUT2D eigenvalue weighted by molar-refractivity contribution is 5.88. The number of likely N-dealkylation sites (tertiary alicyclic amines) is 2. The van der Waals surface area contributed by atoms with Crippen LogP contribution >= 0.6 is 0 Å². The van der Waals surface area contributed by atoms with Crippen LogP contribution in [-0.2, 0) is 0 Å². The molecule has 0 aromatic carbocycles. The van der Waals surface area contributed by atoms with Gasteiger partial charge < -0.3 is 4.90 Å². The molecular weight excluding hydrogens is 242 g/mol. The van der Waals surface area contributed by atoms with E-state index in [0.717, 1.165) is 32.3 Å². The first-order valence-electron chi connectivity index (χ1n) is 6.86. The number of amides is 2. The van der Waals surface area contributed by atoms with Crippen LogP contribution in [0, 0.1) is 10.8 Å². The summed E-state index contributed by atoms with van der Waals surface area (Å²) in [6, 6.07) is 0.518. The lowest BCUT2D eigenvalue weighted by Crippen LogP contribution is -2.62. The summed E-state index contributed by atoms with van der Waals surface area (Å²) in [5.74, 6) is 0. The van der Waals surface area contributed by atoms with Gasteiger partial charge in [0.05, 0.1) is 6.34 Å². The normalized spacial score (nSPS) is 22.8. The minimum absolute atomic E-state index is 0.111. The number of piperidine rings is 1. The van der Waals surface area contributed by atoms with Crippen molar-refractivity contribution in [2.24, 2.45) is 10.4 Å². The highest BCUT2D eigenvalue weighted by Gasteiger charge is 2.45. The molecule has 0 aromatic heterocycles. The summed E-state index contributed by atoms with van der Waals surface area (Å²) in [5, 5.41) is 9.31. The zero-order valence-electron chi connectivity index (χ0n) is 11.7. The van der Waals surface area contributed by atoms with E-state index in [1.807, 2.05) is 4.90 Å². The largest absolute Gasteiger partial charge is 0.324 e. The third-order valence-corrected chi connectivity index (χ3v) is 4.26. The van der Waals surface area contributed by atoms with Gasteiger partial charge in [-0.05, 0) is 32.1 Å². The van der Waals surface area contributed by atoms with Crippen molar-refractivity contribution in [3.63, 3.8) is 0 Å². The first kappa shape index (κ1) is 14.0. The maximum absolute atomic E-state index is 11.8. The maximum Gasteiger partial charge on any atom is 0.322 e. The van der Waals surface area contributed by atoms with E-state index in [2.05, 4.69) is 29.1 Å². The summed E-state index contributed by atoms with van der Waals surface area (Å²) in [6.45, 7) is 8.45. The van der Waals surface area contributed by atoms with Crippen LogP contribution in [0.3, 0.4) is 0 Å². The molecule has 0 atom stereocenters. The molecule has 2 N–H and O–H groups in total. The van der Waals surface area contributed by atoms with E-state index in [4.69, 9.17) is 5.41 Å². The molecule has 0 saturated carbocycles. The Labute approximate surface area is 114 Å². The summed E-state index contributed by atoms with van der Waals surface area (Å²) in [6.07, 6.45) is 4.35. The molecule has 2 aliphatic rings. The van der Waals surface area contributed by atoms with Crippen LogP contribution in [0.4, 0.5) is 4.79 Å². The summed E-state index contributed by atoms with van der Waals surface area (Å²) in [4.78, 5) is 19.7. The minimum Gasteiger partial charge on any atom is -0.324 e. The average molecular weight is 265 g/mol. The van der Waals surface area contributed by atoms with Gasteiger partial charge in [0.2, 0.25) is 0 Å². The Morgan fingerprint density at radius 2 is 2.00 bits per heavy atom. The van der Waals surface area contributed by atoms with Crippen LogP contribution in [0.15, 0.2) is 4.99 Å². The molecule has 2 fully saturated rings. The number of nitrogens with zero attached hydrogens (tertiary/aromatic N) is 3. The Morgan fingerprint density at radius 3 is 2.53 bits per heavy atom. The van der Waals surface area contributed by atoms with Gasteiger partial charge in [0.15, 0.2) is 0 Å². The van der Waals surface area contributed by atoms with Gasteiger partial charge in [-0.3, -0.25) is 15.6 Å². The van der Waals surface area contributed by atoms with Crippen LogP contribution in [0.1, 0.15) is 26.7 Å². The highest BCUT2D eigenvalue weighted by Crippen LogP contribution is 2.41. The van der Waals surface area contributed by atoms with E-state index < -0.39 is 0 Å². The van der Waals surface area contributed by atoms with Gasteiger partial charge in [0, 0.05) is 32.2 Å². The molecule has 2 rings (SSSR count). The molecule has 0 bridgehead atoms. The minimum atomic E-state index is -0.111. The molecule has 2 saturated heterocycles. The van der Waals surface area contributed by atoms with E-state index in [0.29, 0.717) is 11.5 Å². The lowest BCUT2D eigenvalue weighted by atomic mass is 9.71. The van der Waals surface area contributed by atoms with Crippen LogP contribution in [0.5, 0.6) is 0 Å². The van der Waals surface area contributed by atoms with Crippen molar-refractivity contribution >= 4 is 18.7 Å². The van der Waals surface area contributed by atoms with Gasteiger partial charge in [0.1, 0.15) is 6.34 Å². The van der Waals surface area contributed by atoms with Crippen LogP contribution in [0.25, 0.3) is 0 Å². The quantitative estimate of drug-likeness (QED) is 0.593. The monoisotopic (exact) mass is 265 g/mol. The molecule has 2 amide bonds. The Balaban J connectivity index is 1.75. The van der Waals surface area contributed by atoms with Gasteiger partial charge in [0.25, 0.3) is 0 Å². The second-order valence-corrected chi connectivity index (χ2v) is 5.84. The van der Waals surface area contributed by atoms with E-state index in [9.17, 15) is 4.79 Å². The third kappa shape index (κ3) is 3.12.